The Morgan fingerprint density at radius 1 is 0.567 bits per heavy atom. The van der Waals surface area contributed by atoms with Crippen molar-refractivity contribution in [2.24, 2.45) is 0 Å². The molecule has 9 N–H and O–H groups in total. The summed E-state index contributed by atoms with van der Waals surface area (Å²) in [5.74, 6) is 0. The molecule has 3 saturated heterocycles. The zero-order valence-corrected chi connectivity index (χ0v) is 15.7. The topological polar surface area (TPSA) is 228 Å². The van der Waals surface area contributed by atoms with Crippen LogP contribution in [0.3, 0.4) is 0 Å². The lowest BCUT2D eigenvalue weighted by atomic mass is 9.99. The van der Waals surface area contributed by atoms with Crippen LogP contribution in [0.5, 0.6) is 0 Å². The molecule has 0 bridgehead atoms. The van der Waals surface area contributed by atoms with Crippen LogP contribution in [0.25, 0.3) is 0 Å². The minimum absolute atomic E-state index is 0.452. The third-order valence-electron chi connectivity index (χ3n) is 5.38. The first-order valence-electron chi connectivity index (χ1n) is 9.41. The fraction of sp³-hybridized carbons (Fsp3) is 1.00. The summed E-state index contributed by atoms with van der Waals surface area (Å²) in [5, 5.41) is 87.8. The molecule has 0 aromatic heterocycles. The Kier molecular flexibility index (Phi) is 7.97. The lowest BCUT2D eigenvalue weighted by Crippen LogP contribution is -2.59. The van der Waals surface area contributed by atoms with Crippen LogP contribution in [0.4, 0.5) is 0 Å². The summed E-state index contributed by atoms with van der Waals surface area (Å²) in [6, 6.07) is 0. The first kappa shape index (κ1) is 24.1. The number of aliphatic hydroxyl groups is 9. The predicted octanol–water partition coefficient (Wildman–Crippen LogP) is -6.29. The molecule has 3 aliphatic heterocycles. The van der Waals surface area contributed by atoms with Gasteiger partial charge in [-0.1, -0.05) is 0 Å². The molecular weight excluding hydrogens is 416 g/mol. The Hall–Kier alpha value is -0.560. The Morgan fingerprint density at radius 2 is 1.10 bits per heavy atom. The largest absolute Gasteiger partial charge is 0.394 e. The highest BCUT2D eigenvalue weighted by Crippen LogP contribution is 2.30. The van der Waals surface area contributed by atoms with Crippen LogP contribution in [-0.4, -0.2) is 146 Å². The number of hydrogen-bond donors (Lipinski definition) is 9. The fourth-order valence-corrected chi connectivity index (χ4v) is 3.53. The van der Waals surface area contributed by atoms with Crippen LogP contribution in [-0.2, 0) is 23.7 Å². The highest BCUT2D eigenvalue weighted by Gasteiger charge is 2.51. The van der Waals surface area contributed by atoms with Gasteiger partial charge in [-0.3, -0.25) is 0 Å². The monoisotopic (exact) mass is 444 g/mol. The van der Waals surface area contributed by atoms with Gasteiger partial charge in [0.25, 0.3) is 0 Å². The second-order valence-corrected chi connectivity index (χ2v) is 7.39. The second-order valence-electron chi connectivity index (χ2n) is 7.39. The minimum Gasteiger partial charge on any atom is -0.394 e. The van der Waals surface area contributed by atoms with Crippen molar-refractivity contribution in [3.63, 3.8) is 0 Å². The second kappa shape index (κ2) is 9.93. The van der Waals surface area contributed by atoms with Gasteiger partial charge in [0, 0.05) is 0 Å². The molecule has 30 heavy (non-hydrogen) atoms. The van der Waals surface area contributed by atoms with E-state index in [9.17, 15) is 40.9 Å². The molecule has 3 rings (SSSR count). The minimum atomic E-state index is -1.66. The molecular formula is C16H28O14. The van der Waals surface area contributed by atoms with Crippen LogP contribution < -0.4 is 0 Å². The van der Waals surface area contributed by atoms with Crippen molar-refractivity contribution in [2.75, 3.05) is 19.8 Å². The number of hydrogen-bond acceptors (Lipinski definition) is 14. The first-order chi connectivity index (χ1) is 14.2. The summed E-state index contributed by atoms with van der Waals surface area (Å²) in [6.45, 7) is -1.68. The van der Waals surface area contributed by atoms with Gasteiger partial charge in [0.2, 0.25) is 0 Å². The van der Waals surface area contributed by atoms with Crippen molar-refractivity contribution in [3.8, 4) is 0 Å². The molecule has 0 saturated carbocycles. The Balaban J connectivity index is 1.55. The summed E-state index contributed by atoms with van der Waals surface area (Å²) in [6.07, 6.45) is -18.8. The molecule has 3 heterocycles. The van der Waals surface area contributed by atoms with Crippen LogP contribution in [0.1, 0.15) is 0 Å². The fourth-order valence-electron chi connectivity index (χ4n) is 3.53. The average Bonchev–Trinajstić information content (AvgIpc) is 3.16. The summed E-state index contributed by atoms with van der Waals surface area (Å²) < 4.78 is 26.0. The van der Waals surface area contributed by atoms with Crippen molar-refractivity contribution >= 4 is 0 Å². The normalized spacial score (nSPS) is 52.1. The molecule has 0 radical (unpaired) electrons. The van der Waals surface area contributed by atoms with Gasteiger partial charge in [0.05, 0.1) is 19.8 Å². The highest BCUT2D eigenvalue weighted by molar-refractivity contribution is 4.92. The zero-order chi connectivity index (χ0) is 22.2. The van der Waals surface area contributed by atoms with E-state index in [-0.39, 0.29) is 0 Å². The molecule has 176 valence electrons. The van der Waals surface area contributed by atoms with Crippen molar-refractivity contribution in [1.29, 1.82) is 0 Å². The van der Waals surface area contributed by atoms with Crippen molar-refractivity contribution in [1.82, 2.24) is 0 Å². The lowest BCUT2D eigenvalue weighted by molar-refractivity contribution is -0.308. The van der Waals surface area contributed by atoms with Gasteiger partial charge in [-0.15, -0.1) is 0 Å². The van der Waals surface area contributed by atoms with Gasteiger partial charge >= 0.3 is 0 Å². The maximum absolute atomic E-state index is 10.2. The quantitative estimate of drug-likeness (QED) is 0.178. The molecule has 0 aromatic rings. The summed E-state index contributed by atoms with van der Waals surface area (Å²) in [7, 11) is 0. The van der Waals surface area contributed by atoms with Crippen LogP contribution in [0.2, 0.25) is 0 Å². The van der Waals surface area contributed by atoms with E-state index in [0.29, 0.717) is 0 Å². The van der Waals surface area contributed by atoms with E-state index in [1.54, 1.807) is 0 Å². The van der Waals surface area contributed by atoms with E-state index in [2.05, 4.69) is 0 Å². The van der Waals surface area contributed by atoms with Crippen LogP contribution in [0.15, 0.2) is 0 Å². The van der Waals surface area contributed by atoms with E-state index < -0.39 is 99.7 Å². The Labute approximate surface area is 170 Å². The van der Waals surface area contributed by atoms with Gasteiger partial charge in [-0.25, -0.2) is 0 Å². The molecule has 0 amide bonds. The Bertz CT molecular complexity index is 550. The van der Waals surface area contributed by atoms with E-state index in [4.69, 9.17) is 28.8 Å². The third-order valence-corrected chi connectivity index (χ3v) is 5.38. The molecule has 14 nitrogen and oxygen atoms in total. The Morgan fingerprint density at radius 3 is 1.70 bits per heavy atom. The maximum atomic E-state index is 10.2. The molecule has 0 aliphatic carbocycles. The molecule has 0 aromatic carbocycles. The molecule has 14 heteroatoms. The van der Waals surface area contributed by atoms with E-state index in [0.717, 1.165) is 0 Å². The van der Waals surface area contributed by atoms with Gasteiger partial charge in [0.15, 0.2) is 18.9 Å². The molecule has 13 atom stereocenters. The van der Waals surface area contributed by atoms with Crippen molar-refractivity contribution < 1.29 is 69.6 Å². The highest BCUT2D eigenvalue weighted by atomic mass is 16.8. The third kappa shape index (κ3) is 4.62. The average molecular weight is 444 g/mol. The number of ether oxygens (including phenoxy) is 5. The smallest absolute Gasteiger partial charge is 0.187 e. The zero-order valence-electron chi connectivity index (χ0n) is 15.7. The SMILES string of the molecule is OC[C@H]1OC(OC[C@H]2OC(O[C@@H]3C(O)O[C@H](CO)[C@H]3O)[C@@H](O)[C@@H]2O)[C@@H](O)[C@@H](O)[C@@H]1O. The maximum Gasteiger partial charge on any atom is 0.187 e. The van der Waals surface area contributed by atoms with Crippen LogP contribution >= 0.6 is 0 Å². The van der Waals surface area contributed by atoms with Crippen LogP contribution in [0, 0.1) is 0 Å². The standard InChI is InChI=1S/C16H28O14/c17-1-4-7(19)10(22)12(24)15(28-4)26-3-6-8(20)11(23)16(29-6)30-13-9(21)5(2-18)27-14(13)25/h4-25H,1-3H2/t4-,5-,6-,7-,8-,9-,10+,11+,12+,13+,14?,15?,16?/m1/s1. The summed E-state index contributed by atoms with van der Waals surface area (Å²) in [4.78, 5) is 0. The number of aliphatic hydroxyl groups excluding tert-OH is 9. The summed E-state index contributed by atoms with van der Waals surface area (Å²) in [5.41, 5.74) is 0. The number of rotatable bonds is 7. The van der Waals surface area contributed by atoms with Gasteiger partial charge in [-0.2, -0.15) is 0 Å². The van der Waals surface area contributed by atoms with Crippen molar-refractivity contribution in [2.45, 2.75) is 79.9 Å². The van der Waals surface area contributed by atoms with E-state index >= 15 is 0 Å². The molecule has 3 fully saturated rings. The summed E-state index contributed by atoms with van der Waals surface area (Å²) >= 11 is 0. The first-order valence-corrected chi connectivity index (χ1v) is 9.41. The molecule has 3 aliphatic rings. The van der Waals surface area contributed by atoms with E-state index in [1.807, 2.05) is 0 Å². The van der Waals surface area contributed by atoms with E-state index in [1.165, 1.54) is 0 Å². The van der Waals surface area contributed by atoms with Crippen molar-refractivity contribution in [3.05, 3.63) is 0 Å². The van der Waals surface area contributed by atoms with Gasteiger partial charge in [0.1, 0.15) is 61.0 Å². The van der Waals surface area contributed by atoms with Gasteiger partial charge in [-0.05, 0) is 0 Å². The lowest BCUT2D eigenvalue weighted by Gasteiger charge is -2.39. The molecule has 0 spiro atoms. The van der Waals surface area contributed by atoms with Gasteiger partial charge < -0.3 is 69.6 Å². The molecule has 3 unspecified atom stereocenters. The predicted molar refractivity (Wildman–Crippen MR) is 89.2 cm³/mol.